The van der Waals surface area contributed by atoms with Crippen LogP contribution in [0.25, 0.3) is 11.4 Å². The molecule has 1 amide bonds. The van der Waals surface area contributed by atoms with Crippen LogP contribution in [0.1, 0.15) is 38.1 Å². The summed E-state index contributed by atoms with van der Waals surface area (Å²) in [4.78, 5) is 15.8. The first kappa shape index (κ1) is 19.0. The van der Waals surface area contributed by atoms with E-state index in [4.69, 9.17) is 4.52 Å². The average Bonchev–Trinajstić information content (AvgIpc) is 3.01. The molecule has 25 heavy (non-hydrogen) atoms. The summed E-state index contributed by atoms with van der Waals surface area (Å²) in [5.41, 5.74) is -0.563. The topological polar surface area (TPSA) is 68.0 Å². The van der Waals surface area contributed by atoms with Gasteiger partial charge in [-0.2, -0.15) is 18.2 Å². The largest absolute Gasteiger partial charge is 0.416 e. The van der Waals surface area contributed by atoms with Gasteiger partial charge < -0.3 is 9.84 Å². The third kappa shape index (κ3) is 5.88. The van der Waals surface area contributed by atoms with Crippen LogP contribution in [0.3, 0.4) is 0 Å². The van der Waals surface area contributed by atoms with E-state index in [2.05, 4.69) is 29.3 Å². The zero-order valence-corrected chi connectivity index (χ0v) is 14.1. The van der Waals surface area contributed by atoms with Crippen molar-refractivity contribution in [2.75, 3.05) is 6.54 Å². The highest BCUT2D eigenvalue weighted by Crippen LogP contribution is 2.31. The SMILES string of the molecule is CC(C)CCNC(=O)CCc1nc(-c2cccc(C(F)(F)F)c2)no1. The lowest BCUT2D eigenvalue weighted by atomic mass is 10.1. The zero-order chi connectivity index (χ0) is 18.4. The summed E-state index contributed by atoms with van der Waals surface area (Å²) in [6.45, 7) is 4.75. The van der Waals surface area contributed by atoms with Crippen LogP contribution in [0, 0.1) is 5.92 Å². The molecule has 1 aromatic heterocycles. The average molecular weight is 355 g/mol. The lowest BCUT2D eigenvalue weighted by molar-refractivity contribution is -0.137. The number of benzene rings is 1. The zero-order valence-electron chi connectivity index (χ0n) is 14.1. The fourth-order valence-electron chi connectivity index (χ4n) is 2.12. The second-order valence-electron chi connectivity index (χ2n) is 6.12. The minimum absolute atomic E-state index is 0.0707. The van der Waals surface area contributed by atoms with Crippen LogP contribution in [0.2, 0.25) is 0 Å². The summed E-state index contributed by atoms with van der Waals surface area (Å²) >= 11 is 0. The van der Waals surface area contributed by atoms with E-state index >= 15 is 0 Å². The molecule has 2 rings (SSSR count). The maximum Gasteiger partial charge on any atom is 0.416 e. The minimum Gasteiger partial charge on any atom is -0.356 e. The molecule has 136 valence electrons. The highest BCUT2D eigenvalue weighted by molar-refractivity contribution is 5.75. The molecular weight excluding hydrogens is 335 g/mol. The van der Waals surface area contributed by atoms with Gasteiger partial charge in [0.15, 0.2) is 0 Å². The van der Waals surface area contributed by atoms with Gasteiger partial charge in [0.2, 0.25) is 17.6 Å². The number of alkyl halides is 3. The van der Waals surface area contributed by atoms with Crippen molar-refractivity contribution in [2.24, 2.45) is 5.92 Å². The second kappa shape index (κ2) is 8.13. The van der Waals surface area contributed by atoms with E-state index in [1.54, 1.807) is 0 Å². The Bertz CT molecular complexity index is 711. The van der Waals surface area contributed by atoms with E-state index in [9.17, 15) is 18.0 Å². The van der Waals surface area contributed by atoms with Gasteiger partial charge in [0, 0.05) is 24.9 Å². The number of nitrogens with one attached hydrogen (secondary N) is 1. The third-order valence-corrected chi connectivity index (χ3v) is 3.53. The molecule has 0 spiro atoms. The molecule has 0 radical (unpaired) electrons. The Balaban J connectivity index is 1.93. The summed E-state index contributed by atoms with van der Waals surface area (Å²) in [5.74, 6) is 0.665. The van der Waals surface area contributed by atoms with E-state index < -0.39 is 11.7 Å². The molecule has 0 unspecified atom stereocenters. The van der Waals surface area contributed by atoms with E-state index in [-0.39, 0.29) is 36.0 Å². The van der Waals surface area contributed by atoms with Gasteiger partial charge in [0.1, 0.15) is 0 Å². The third-order valence-electron chi connectivity index (χ3n) is 3.53. The molecule has 5 nitrogen and oxygen atoms in total. The first-order valence-electron chi connectivity index (χ1n) is 8.02. The molecule has 0 aliphatic heterocycles. The number of aromatic nitrogens is 2. The molecule has 1 N–H and O–H groups in total. The van der Waals surface area contributed by atoms with Crippen molar-refractivity contribution < 1.29 is 22.5 Å². The van der Waals surface area contributed by atoms with Crippen molar-refractivity contribution in [1.29, 1.82) is 0 Å². The molecular formula is C17H20F3N3O2. The summed E-state index contributed by atoms with van der Waals surface area (Å²) in [6.07, 6.45) is -3.12. The van der Waals surface area contributed by atoms with Crippen molar-refractivity contribution in [2.45, 2.75) is 39.3 Å². The molecule has 0 bridgehead atoms. The van der Waals surface area contributed by atoms with E-state index in [0.29, 0.717) is 12.5 Å². The molecule has 2 aromatic rings. The number of amides is 1. The van der Waals surface area contributed by atoms with Crippen molar-refractivity contribution in [3.63, 3.8) is 0 Å². The number of halogens is 3. The molecule has 0 aliphatic rings. The number of hydrogen-bond acceptors (Lipinski definition) is 4. The lowest BCUT2D eigenvalue weighted by Crippen LogP contribution is -2.25. The van der Waals surface area contributed by atoms with Crippen molar-refractivity contribution in [1.82, 2.24) is 15.5 Å². The molecule has 0 aliphatic carbocycles. The molecule has 0 saturated heterocycles. The van der Waals surface area contributed by atoms with Crippen LogP contribution in [0.15, 0.2) is 28.8 Å². The van der Waals surface area contributed by atoms with Crippen LogP contribution in [-0.2, 0) is 17.4 Å². The second-order valence-corrected chi connectivity index (χ2v) is 6.12. The molecule has 8 heteroatoms. The Hall–Kier alpha value is -2.38. The normalized spacial score (nSPS) is 11.8. The number of carbonyl (C=O) groups excluding carboxylic acids is 1. The van der Waals surface area contributed by atoms with Crippen LogP contribution >= 0.6 is 0 Å². The first-order valence-corrected chi connectivity index (χ1v) is 8.02. The highest BCUT2D eigenvalue weighted by Gasteiger charge is 2.30. The minimum atomic E-state index is -4.43. The van der Waals surface area contributed by atoms with Gasteiger partial charge in [-0.15, -0.1) is 0 Å². The summed E-state index contributed by atoms with van der Waals surface area (Å²) in [6, 6.07) is 4.71. The highest BCUT2D eigenvalue weighted by atomic mass is 19.4. The Morgan fingerprint density at radius 2 is 2.08 bits per heavy atom. The van der Waals surface area contributed by atoms with Gasteiger partial charge in [-0.25, -0.2) is 0 Å². The van der Waals surface area contributed by atoms with Gasteiger partial charge >= 0.3 is 6.18 Å². The Kier molecular flexibility index (Phi) is 6.17. The quantitative estimate of drug-likeness (QED) is 0.819. The number of carbonyl (C=O) groups is 1. The standard InChI is InChI=1S/C17H20F3N3O2/c1-11(2)8-9-21-14(24)6-7-15-22-16(23-25-15)12-4-3-5-13(10-12)17(18,19)20/h3-5,10-11H,6-9H2,1-2H3,(H,21,24). The lowest BCUT2D eigenvalue weighted by Gasteiger charge is -2.06. The van der Waals surface area contributed by atoms with Gasteiger partial charge in [0.05, 0.1) is 5.56 Å². The van der Waals surface area contributed by atoms with Crippen molar-refractivity contribution in [3.05, 3.63) is 35.7 Å². The summed E-state index contributed by atoms with van der Waals surface area (Å²) < 4.78 is 43.2. The maximum atomic E-state index is 12.7. The summed E-state index contributed by atoms with van der Waals surface area (Å²) in [5, 5.41) is 6.48. The molecule has 1 heterocycles. The molecule has 0 atom stereocenters. The Morgan fingerprint density at radius 1 is 1.32 bits per heavy atom. The fourth-order valence-corrected chi connectivity index (χ4v) is 2.12. The van der Waals surface area contributed by atoms with E-state index in [1.807, 2.05) is 0 Å². The predicted molar refractivity (Wildman–Crippen MR) is 85.5 cm³/mol. The first-order chi connectivity index (χ1) is 11.8. The Labute approximate surface area is 143 Å². The predicted octanol–water partition coefficient (Wildman–Crippen LogP) is 3.85. The van der Waals surface area contributed by atoms with Gasteiger partial charge in [-0.3, -0.25) is 4.79 Å². The molecule has 0 saturated carbocycles. The number of rotatable bonds is 7. The number of aryl methyl sites for hydroxylation is 1. The van der Waals surface area contributed by atoms with E-state index in [0.717, 1.165) is 18.6 Å². The van der Waals surface area contributed by atoms with Crippen LogP contribution in [0.5, 0.6) is 0 Å². The van der Waals surface area contributed by atoms with E-state index in [1.165, 1.54) is 12.1 Å². The molecule has 1 aromatic carbocycles. The monoisotopic (exact) mass is 355 g/mol. The van der Waals surface area contributed by atoms with Gasteiger partial charge in [0.25, 0.3) is 0 Å². The smallest absolute Gasteiger partial charge is 0.356 e. The van der Waals surface area contributed by atoms with Crippen molar-refractivity contribution in [3.8, 4) is 11.4 Å². The van der Waals surface area contributed by atoms with Crippen LogP contribution in [-0.4, -0.2) is 22.6 Å². The molecule has 0 fully saturated rings. The number of hydrogen-bond donors (Lipinski definition) is 1. The summed E-state index contributed by atoms with van der Waals surface area (Å²) in [7, 11) is 0. The maximum absolute atomic E-state index is 12.7. The van der Waals surface area contributed by atoms with Gasteiger partial charge in [-0.1, -0.05) is 31.1 Å². The van der Waals surface area contributed by atoms with Crippen molar-refractivity contribution >= 4 is 5.91 Å². The fraction of sp³-hybridized carbons (Fsp3) is 0.471. The van der Waals surface area contributed by atoms with Crippen LogP contribution in [0.4, 0.5) is 13.2 Å². The number of nitrogens with zero attached hydrogens (tertiary/aromatic N) is 2. The van der Waals surface area contributed by atoms with Crippen LogP contribution < -0.4 is 5.32 Å². The van der Waals surface area contributed by atoms with Gasteiger partial charge in [-0.05, 0) is 24.5 Å². The Morgan fingerprint density at radius 3 is 2.76 bits per heavy atom.